The van der Waals surface area contributed by atoms with Crippen molar-refractivity contribution < 1.29 is 28.6 Å². The first-order chi connectivity index (χ1) is 14.3. The summed E-state index contributed by atoms with van der Waals surface area (Å²) in [4.78, 5) is 37.3. The number of hydrogen-bond acceptors (Lipinski definition) is 6. The van der Waals surface area contributed by atoms with Gasteiger partial charge in [0.2, 0.25) is 11.7 Å². The second-order valence-electron chi connectivity index (χ2n) is 7.05. The van der Waals surface area contributed by atoms with E-state index in [4.69, 9.17) is 14.2 Å². The van der Waals surface area contributed by atoms with Gasteiger partial charge in [-0.3, -0.25) is 9.59 Å². The van der Waals surface area contributed by atoms with Crippen molar-refractivity contribution in [3.63, 3.8) is 0 Å². The number of Topliss-reactive ketones (excluding diaryl/α,β-unsaturated/α-hetero) is 1. The van der Waals surface area contributed by atoms with Crippen LogP contribution in [0.15, 0.2) is 48.5 Å². The number of amides is 1. The molecule has 0 heterocycles. The second-order valence-corrected chi connectivity index (χ2v) is 7.05. The Labute approximate surface area is 176 Å². The van der Waals surface area contributed by atoms with Crippen molar-refractivity contribution in [2.45, 2.75) is 26.3 Å². The third-order valence-electron chi connectivity index (χ3n) is 4.50. The molecule has 1 N–H and O–H groups in total. The summed E-state index contributed by atoms with van der Waals surface area (Å²) in [6, 6.07) is 13.1. The first kappa shape index (κ1) is 22.9. The summed E-state index contributed by atoms with van der Waals surface area (Å²) in [6.07, 6.45) is 0.152. The van der Waals surface area contributed by atoms with E-state index in [1.165, 1.54) is 14.2 Å². The monoisotopic (exact) mass is 413 g/mol. The summed E-state index contributed by atoms with van der Waals surface area (Å²) in [6.45, 7) is 3.13. The minimum absolute atomic E-state index is 0.152. The van der Waals surface area contributed by atoms with Crippen molar-refractivity contribution in [1.29, 1.82) is 0 Å². The van der Waals surface area contributed by atoms with Crippen molar-refractivity contribution in [2.24, 2.45) is 5.92 Å². The SMILES string of the molecule is COc1ccc(C(=O)COC(=O)[C@@H](NC(=O)Cc2ccccc2)C(C)C)c(OC)c1. The summed E-state index contributed by atoms with van der Waals surface area (Å²) in [5.74, 6) is -0.704. The third kappa shape index (κ3) is 6.34. The van der Waals surface area contributed by atoms with Gasteiger partial charge in [0.25, 0.3) is 0 Å². The largest absolute Gasteiger partial charge is 0.497 e. The lowest BCUT2D eigenvalue weighted by Crippen LogP contribution is -2.46. The summed E-state index contributed by atoms with van der Waals surface area (Å²) in [7, 11) is 2.95. The highest BCUT2D eigenvalue weighted by atomic mass is 16.5. The Hall–Kier alpha value is -3.35. The number of nitrogens with one attached hydrogen (secondary N) is 1. The second kappa shape index (κ2) is 11.0. The van der Waals surface area contributed by atoms with E-state index in [9.17, 15) is 14.4 Å². The molecule has 1 atom stereocenters. The van der Waals surface area contributed by atoms with Crippen LogP contribution in [0.2, 0.25) is 0 Å². The van der Waals surface area contributed by atoms with Crippen molar-refractivity contribution in [1.82, 2.24) is 5.32 Å². The number of carbonyl (C=O) groups is 3. The minimum atomic E-state index is -0.855. The molecule has 2 rings (SSSR count). The molecule has 7 nitrogen and oxygen atoms in total. The van der Waals surface area contributed by atoms with Crippen LogP contribution in [-0.2, 0) is 20.7 Å². The quantitative estimate of drug-likeness (QED) is 0.476. The number of hydrogen-bond donors (Lipinski definition) is 1. The molecule has 0 unspecified atom stereocenters. The molecule has 0 bridgehead atoms. The Morgan fingerprint density at radius 1 is 0.967 bits per heavy atom. The maximum Gasteiger partial charge on any atom is 0.329 e. The van der Waals surface area contributed by atoms with Crippen molar-refractivity contribution >= 4 is 17.7 Å². The molecule has 7 heteroatoms. The Bertz CT molecular complexity index is 879. The predicted octanol–water partition coefficient (Wildman–Crippen LogP) is 2.81. The Morgan fingerprint density at radius 2 is 1.67 bits per heavy atom. The fourth-order valence-corrected chi connectivity index (χ4v) is 2.84. The van der Waals surface area contributed by atoms with Crippen LogP contribution in [-0.4, -0.2) is 44.5 Å². The first-order valence-corrected chi connectivity index (χ1v) is 9.60. The molecule has 30 heavy (non-hydrogen) atoms. The topological polar surface area (TPSA) is 90.9 Å². The zero-order valence-corrected chi connectivity index (χ0v) is 17.6. The van der Waals surface area contributed by atoms with Gasteiger partial charge in [-0.1, -0.05) is 44.2 Å². The summed E-state index contributed by atoms with van der Waals surface area (Å²) in [5.41, 5.74) is 1.12. The van der Waals surface area contributed by atoms with Gasteiger partial charge in [0.05, 0.1) is 26.2 Å². The Morgan fingerprint density at radius 3 is 2.27 bits per heavy atom. The van der Waals surface area contributed by atoms with Crippen LogP contribution in [0.4, 0.5) is 0 Å². The molecule has 0 saturated heterocycles. The van der Waals surface area contributed by atoms with Gasteiger partial charge >= 0.3 is 5.97 Å². The highest BCUT2D eigenvalue weighted by Gasteiger charge is 2.27. The van der Waals surface area contributed by atoms with E-state index in [1.807, 2.05) is 30.3 Å². The zero-order chi connectivity index (χ0) is 22.1. The number of ether oxygens (including phenoxy) is 3. The van der Waals surface area contributed by atoms with E-state index in [2.05, 4.69) is 5.32 Å². The molecule has 0 aromatic heterocycles. The molecular weight excluding hydrogens is 386 g/mol. The Kier molecular flexibility index (Phi) is 8.41. The van der Waals surface area contributed by atoms with Gasteiger partial charge in [0.1, 0.15) is 17.5 Å². The highest BCUT2D eigenvalue weighted by Crippen LogP contribution is 2.25. The van der Waals surface area contributed by atoms with E-state index in [1.54, 1.807) is 32.0 Å². The van der Waals surface area contributed by atoms with E-state index in [-0.39, 0.29) is 23.8 Å². The summed E-state index contributed by atoms with van der Waals surface area (Å²) >= 11 is 0. The van der Waals surface area contributed by atoms with E-state index in [0.29, 0.717) is 11.5 Å². The average Bonchev–Trinajstić information content (AvgIpc) is 2.75. The highest BCUT2D eigenvalue weighted by molar-refractivity contribution is 6.00. The molecule has 0 aliphatic rings. The molecule has 1 amide bonds. The number of methoxy groups -OCH3 is 2. The molecule has 0 aliphatic heterocycles. The van der Waals surface area contributed by atoms with Crippen LogP contribution in [0.5, 0.6) is 11.5 Å². The van der Waals surface area contributed by atoms with Crippen LogP contribution in [0.25, 0.3) is 0 Å². The summed E-state index contributed by atoms with van der Waals surface area (Å²) < 4.78 is 15.5. The lowest BCUT2D eigenvalue weighted by Gasteiger charge is -2.21. The van der Waals surface area contributed by atoms with Crippen LogP contribution in [0, 0.1) is 5.92 Å². The lowest BCUT2D eigenvalue weighted by atomic mass is 10.0. The number of ketones is 1. The zero-order valence-electron chi connectivity index (χ0n) is 17.6. The fourth-order valence-electron chi connectivity index (χ4n) is 2.84. The van der Waals surface area contributed by atoms with Gasteiger partial charge < -0.3 is 19.5 Å². The van der Waals surface area contributed by atoms with Gasteiger partial charge in [-0.05, 0) is 23.6 Å². The van der Waals surface area contributed by atoms with Crippen LogP contribution >= 0.6 is 0 Å². The van der Waals surface area contributed by atoms with E-state index >= 15 is 0 Å². The standard InChI is InChI=1S/C23H27NO6/c1-15(2)22(24-21(26)12-16-8-6-5-7-9-16)23(27)30-14-19(25)18-11-10-17(28-3)13-20(18)29-4/h5-11,13,15,22H,12,14H2,1-4H3,(H,24,26)/t22-/m0/s1. The maximum atomic E-state index is 12.5. The average molecular weight is 413 g/mol. The van der Waals surface area contributed by atoms with Gasteiger partial charge in [-0.25, -0.2) is 4.79 Å². The molecule has 0 radical (unpaired) electrons. The Balaban J connectivity index is 1.98. The van der Waals surface area contributed by atoms with Gasteiger partial charge in [0.15, 0.2) is 6.61 Å². The number of carbonyl (C=O) groups excluding carboxylic acids is 3. The lowest BCUT2D eigenvalue weighted by molar-refractivity contribution is -0.148. The van der Waals surface area contributed by atoms with E-state index in [0.717, 1.165) is 5.56 Å². The van der Waals surface area contributed by atoms with Gasteiger partial charge in [0, 0.05) is 6.07 Å². The van der Waals surface area contributed by atoms with Gasteiger partial charge in [-0.2, -0.15) is 0 Å². The smallest absolute Gasteiger partial charge is 0.329 e. The van der Waals surface area contributed by atoms with Crippen LogP contribution in [0.3, 0.4) is 0 Å². The number of esters is 1. The molecule has 0 spiro atoms. The first-order valence-electron chi connectivity index (χ1n) is 9.60. The normalized spacial score (nSPS) is 11.5. The number of benzene rings is 2. The third-order valence-corrected chi connectivity index (χ3v) is 4.50. The molecule has 2 aromatic rings. The van der Waals surface area contributed by atoms with Crippen molar-refractivity contribution in [3.05, 3.63) is 59.7 Å². The summed E-state index contributed by atoms with van der Waals surface area (Å²) in [5, 5.41) is 2.70. The molecule has 0 fully saturated rings. The molecular formula is C23H27NO6. The maximum absolute atomic E-state index is 12.5. The van der Waals surface area contributed by atoms with E-state index < -0.39 is 24.4 Å². The molecule has 0 saturated carbocycles. The minimum Gasteiger partial charge on any atom is -0.497 e. The van der Waals surface area contributed by atoms with Crippen molar-refractivity contribution in [3.8, 4) is 11.5 Å². The molecule has 0 aliphatic carbocycles. The molecule has 2 aromatic carbocycles. The molecule has 160 valence electrons. The fraction of sp³-hybridized carbons (Fsp3) is 0.348. The van der Waals surface area contributed by atoms with Gasteiger partial charge in [-0.15, -0.1) is 0 Å². The predicted molar refractivity (Wildman–Crippen MR) is 112 cm³/mol. The van der Waals surface area contributed by atoms with Crippen LogP contribution < -0.4 is 14.8 Å². The van der Waals surface area contributed by atoms with Crippen molar-refractivity contribution in [2.75, 3.05) is 20.8 Å². The number of rotatable bonds is 10. The van der Waals surface area contributed by atoms with Crippen LogP contribution in [0.1, 0.15) is 29.8 Å².